The molecule has 0 atom stereocenters. The van der Waals surface area contributed by atoms with Crippen LogP contribution in [0.5, 0.6) is 0 Å². The number of sulfone groups is 3. The number of rotatable bonds is 14. The van der Waals surface area contributed by atoms with Crippen LogP contribution in [-0.4, -0.2) is 89.7 Å². The second-order valence-electron chi connectivity index (χ2n) is 20.7. The molecule has 9 rings (SSSR count). The van der Waals surface area contributed by atoms with Crippen LogP contribution in [0.2, 0.25) is 0 Å². The maximum absolute atomic E-state index is 12.7. The van der Waals surface area contributed by atoms with Crippen LogP contribution >= 0.6 is 0 Å². The predicted octanol–water partition coefficient (Wildman–Crippen LogP) is 12.1. The van der Waals surface area contributed by atoms with Crippen LogP contribution in [0.25, 0.3) is 67.4 Å². The summed E-state index contributed by atoms with van der Waals surface area (Å²) < 4.78 is 77.5. The van der Waals surface area contributed by atoms with Gasteiger partial charge in [0.1, 0.15) is 0 Å². The zero-order chi connectivity index (χ0) is 56.4. The van der Waals surface area contributed by atoms with Crippen molar-refractivity contribution in [2.24, 2.45) is 0 Å². The average Bonchev–Trinajstić information content (AvgIpc) is 3.92. The van der Waals surface area contributed by atoms with Crippen LogP contribution in [0.4, 0.5) is 0 Å². The highest BCUT2D eigenvalue weighted by Gasteiger charge is 2.33. The Kier molecular flexibility index (Phi) is 16.0. The number of nitrogens with zero attached hydrogens (tertiary/aromatic N) is 6. The van der Waals surface area contributed by atoms with Gasteiger partial charge in [0.2, 0.25) is 0 Å². The van der Waals surface area contributed by atoms with Crippen molar-refractivity contribution >= 4 is 74.6 Å². The molecule has 78 heavy (non-hydrogen) atoms. The molecule has 0 saturated heterocycles. The van der Waals surface area contributed by atoms with Crippen LogP contribution < -0.4 is 0 Å². The molecule has 0 radical (unpaired) electrons. The summed E-state index contributed by atoms with van der Waals surface area (Å²) in [6, 6.07) is 47.6. The predicted molar refractivity (Wildman–Crippen MR) is 312 cm³/mol. The normalized spacial score (nSPS) is 12.8. The Labute approximate surface area is 457 Å². The van der Waals surface area contributed by atoms with Gasteiger partial charge in [-0.25, -0.2) is 25.3 Å². The number of hydrogen-bond acceptors (Lipinski definition) is 13. The van der Waals surface area contributed by atoms with E-state index in [0.29, 0.717) is 39.9 Å². The van der Waals surface area contributed by atoms with Crippen molar-refractivity contribution < 1.29 is 29.8 Å². The quantitative estimate of drug-likeness (QED) is 0.0934. The molecule has 0 N–H and O–H groups in total. The number of hydrogen-bond donors (Lipinski definition) is 0. The minimum absolute atomic E-state index is 0.209. The third-order valence-corrected chi connectivity index (χ3v) is 17.9. The van der Waals surface area contributed by atoms with Gasteiger partial charge in [-0.2, -0.15) is 10.2 Å². The molecule has 0 aliphatic carbocycles. The minimum Gasteiger partial charge on any atom is -0.334 e. The van der Waals surface area contributed by atoms with Gasteiger partial charge in [0.15, 0.2) is 35.3 Å². The topological polar surface area (TPSA) is 194 Å². The van der Waals surface area contributed by atoms with Gasteiger partial charge in [-0.05, 0) is 184 Å². The van der Waals surface area contributed by atoms with Crippen LogP contribution in [0.3, 0.4) is 0 Å². The van der Waals surface area contributed by atoms with Crippen molar-refractivity contribution in [3.63, 3.8) is 0 Å². The largest absolute Gasteiger partial charge is 0.334 e. The fourth-order valence-electron chi connectivity index (χ4n) is 8.81. The van der Waals surface area contributed by atoms with E-state index in [1.54, 1.807) is 69.6 Å². The second kappa shape index (κ2) is 22.2. The minimum atomic E-state index is -3.41. The Morgan fingerprint density at radius 1 is 0.615 bits per heavy atom. The Balaban J connectivity index is 0.000000207. The molecule has 0 bridgehead atoms. The van der Waals surface area contributed by atoms with Crippen molar-refractivity contribution in [3.8, 4) is 28.3 Å². The average molecular weight is 1100 g/mol. The fourth-order valence-corrected chi connectivity index (χ4v) is 10.6. The molecule has 16 heteroatoms. The Hall–Kier alpha value is -7.94. The SMILES string of the molecule is CN(C)C/C(=C\c1cccc(-c2cc(C(C)(C)C#N)cc3cccnc23)c1)c1ccc(S(C)(=O)=O)cc1.Cc1noc(/C(=C/c2cccc(-c3cc(C(C)(C)S(C)(=O)=O)cc4cccnc34)c2)c2ccc(S(C)(=O)=O)cc2)n1. The van der Waals surface area contributed by atoms with Gasteiger partial charge in [-0.1, -0.05) is 78.0 Å². The molecule has 0 unspecified atom stereocenters. The summed E-state index contributed by atoms with van der Waals surface area (Å²) >= 11 is 0. The van der Waals surface area contributed by atoms with Crippen molar-refractivity contribution in [2.45, 2.75) is 54.6 Å². The van der Waals surface area contributed by atoms with Gasteiger partial charge in [0.25, 0.3) is 5.89 Å². The molecule has 0 spiro atoms. The van der Waals surface area contributed by atoms with Gasteiger partial charge in [-0.3, -0.25) is 9.97 Å². The fraction of sp³-hybridized carbons (Fsp3) is 0.210. The summed E-state index contributed by atoms with van der Waals surface area (Å²) in [7, 11) is -6.00. The summed E-state index contributed by atoms with van der Waals surface area (Å²) in [5, 5.41) is 15.5. The van der Waals surface area contributed by atoms with Crippen molar-refractivity contribution in [2.75, 3.05) is 39.4 Å². The van der Waals surface area contributed by atoms with E-state index in [9.17, 15) is 30.5 Å². The number of aromatic nitrogens is 4. The molecule has 0 fully saturated rings. The smallest absolute Gasteiger partial charge is 0.258 e. The lowest BCUT2D eigenvalue weighted by Crippen LogP contribution is -2.28. The van der Waals surface area contributed by atoms with Crippen LogP contribution in [0.1, 0.15) is 72.8 Å². The molecule has 9 aromatic rings. The molecule has 3 aromatic heterocycles. The number of pyridine rings is 2. The lowest BCUT2D eigenvalue weighted by molar-refractivity contribution is 0.403. The summed E-state index contributed by atoms with van der Waals surface area (Å²) in [6.07, 6.45) is 11.2. The van der Waals surface area contributed by atoms with Gasteiger partial charge in [0, 0.05) is 65.2 Å². The van der Waals surface area contributed by atoms with E-state index in [-0.39, 0.29) is 4.90 Å². The Morgan fingerprint density at radius 3 is 1.56 bits per heavy atom. The van der Waals surface area contributed by atoms with Gasteiger partial charge in [0.05, 0.1) is 37.1 Å². The molecule has 0 aliphatic heterocycles. The van der Waals surface area contributed by atoms with E-state index < -0.39 is 39.7 Å². The van der Waals surface area contributed by atoms with Crippen LogP contribution in [0.15, 0.2) is 172 Å². The first kappa shape index (κ1) is 56.3. The standard InChI is InChI=1S/C31H29N3O5S2.C31H31N3O2S/c1-20-33-30(39-34-20)28(22-11-13-26(14-12-22)40(4,35)36)17-21-8-6-9-23(16-21)27-19-25(31(2,3)41(5,37)38)18-24-10-7-15-32-29(24)27;1-31(2,21-32)27-18-25-10-7-15-33-30(25)29(19-27)24-9-6-8-22(16-24)17-26(20-34(3)4)23-11-13-28(14-12-23)37(5,35)36/h6-19H,1-5H3;6-19H,20H2,1-5H3/b28-17+;26-17+. The van der Waals surface area contributed by atoms with E-state index in [4.69, 9.17) is 4.52 Å². The van der Waals surface area contributed by atoms with Gasteiger partial charge < -0.3 is 9.42 Å². The molecule has 6 aromatic carbocycles. The van der Waals surface area contributed by atoms with E-state index in [2.05, 4.69) is 61.4 Å². The first-order chi connectivity index (χ1) is 36.7. The number of likely N-dealkylation sites (N-methyl/N-ethyl adjacent to an activating group) is 1. The van der Waals surface area contributed by atoms with Crippen LogP contribution in [-0.2, 0) is 39.7 Å². The highest BCUT2D eigenvalue weighted by Crippen LogP contribution is 2.38. The molecule has 398 valence electrons. The summed E-state index contributed by atoms with van der Waals surface area (Å²) in [5.74, 6) is 0.763. The van der Waals surface area contributed by atoms with E-state index in [0.717, 1.165) is 78.1 Å². The zero-order valence-electron chi connectivity index (χ0n) is 45.1. The third-order valence-electron chi connectivity index (χ3n) is 13.6. The number of nitriles is 1. The molecule has 3 heterocycles. The molecular formula is C62H60N6O7S3. The van der Waals surface area contributed by atoms with E-state index in [1.165, 1.54) is 12.5 Å². The lowest BCUT2D eigenvalue weighted by atomic mass is 9.83. The maximum atomic E-state index is 12.7. The summed E-state index contributed by atoms with van der Waals surface area (Å²) in [6.45, 7) is 9.68. The first-order valence-electron chi connectivity index (χ1n) is 24.8. The molecular weight excluding hydrogens is 1040 g/mol. The highest BCUT2D eigenvalue weighted by atomic mass is 32.2. The van der Waals surface area contributed by atoms with E-state index in [1.807, 2.05) is 119 Å². The molecule has 0 saturated carbocycles. The Bertz CT molecular complexity index is 4200. The Morgan fingerprint density at radius 2 is 1.10 bits per heavy atom. The van der Waals surface area contributed by atoms with Gasteiger partial charge >= 0.3 is 0 Å². The van der Waals surface area contributed by atoms with Gasteiger partial charge in [-0.15, -0.1) is 0 Å². The highest BCUT2D eigenvalue weighted by molar-refractivity contribution is 7.91. The number of benzene rings is 6. The zero-order valence-corrected chi connectivity index (χ0v) is 47.6. The summed E-state index contributed by atoms with van der Waals surface area (Å²) in [4.78, 5) is 16.3. The third kappa shape index (κ3) is 12.7. The molecule has 13 nitrogen and oxygen atoms in total. The molecule has 0 amide bonds. The summed E-state index contributed by atoms with van der Waals surface area (Å²) in [5.41, 5.74) is 11.5. The molecule has 0 aliphatic rings. The number of fused-ring (bicyclic) bond motifs is 2. The van der Waals surface area contributed by atoms with Crippen LogP contribution in [0, 0.1) is 18.3 Å². The first-order valence-corrected chi connectivity index (χ1v) is 30.5. The lowest BCUT2D eigenvalue weighted by Gasteiger charge is -2.24. The second-order valence-corrected chi connectivity index (χ2v) is 27.3. The maximum Gasteiger partial charge on any atom is 0.258 e. The van der Waals surface area contributed by atoms with Crippen molar-refractivity contribution in [3.05, 3.63) is 203 Å². The number of aryl methyl sites for hydroxylation is 1. The van der Waals surface area contributed by atoms with Crippen molar-refractivity contribution in [1.29, 1.82) is 5.26 Å². The van der Waals surface area contributed by atoms with Crippen molar-refractivity contribution in [1.82, 2.24) is 25.0 Å². The van der Waals surface area contributed by atoms with E-state index >= 15 is 0 Å². The monoisotopic (exact) mass is 1100 g/mol.